The second-order valence-corrected chi connectivity index (χ2v) is 5.38. The molecule has 0 spiro atoms. The Hall–Kier alpha value is -3.08. The molecule has 0 aromatic heterocycles. The Morgan fingerprint density at radius 3 is 2.21 bits per heavy atom. The molecule has 2 aromatic carbocycles. The molecule has 0 radical (unpaired) electrons. The molecule has 0 amide bonds. The van der Waals surface area contributed by atoms with E-state index in [0.717, 1.165) is 0 Å². The lowest BCUT2D eigenvalue weighted by Crippen LogP contribution is -2.38. The molecular weight excluding hydrogens is 308 g/mol. The van der Waals surface area contributed by atoms with Crippen LogP contribution in [0.5, 0.6) is 11.5 Å². The summed E-state index contributed by atoms with van der Waals surface area (Å²) in [4.78, 5) is 24.7. The average molecular weight is 324 g/mol. The van der Waals surface area contributed by atoms with Gasteiger partial charge in [0.1, 0.15) is 11.5 Å². The zero-order chi connectivity index (χ0) is 17.2. The van der Waals surface area contributed by atoms with Crippen molar-refractivity contribution in [3.8, 4) is 11.5 Å². The van der Waals surface area contributed by atoms with E-state index in [2.05, 4.69) is 0 Å². The molecule has 122 valence electrons. The van der Waals surface area contributed by atoms with Gasteiger partial charge in [-0.3, -0.25) is 0 Å². The minimum Gasteiger partial charge on any atom is -0.497 e. The molecule has 0 saturated carbocycles. The summed E-state index contributed by atoms with van der Waals surface area (Å²) in [6.45, 7) is 1.60. The summed E-state index contributed by atoms with van der Waals surface area (Å²) >= 11 is 0. The van der Waals surface area contributed by atoms with Crippen LogP contribution in [0.2, 0.25) is 0 Å². The van der Waals surface area contributed by atoms with Gasteiger partial charge < -0.3 is 14.2 Å². The number of hydrogen-bond acceptors (Lipinski definition) is 5. The van der Waals surface area contributed by atoms with Crippen molar-refractivity contribution in [3.63, 3.8) is 0 Å². The third-order valence-electron chi connectivity index (χ3n) is 3.77. The van der Waals surface area contributed by atoms with E-state index in [4.69, 9.17) is 14.2 Å². The van der Waals surface area contributed by atoms with Crippen molar-refractivity contribution in [2.45, 2.75) is 12.5 Å². The highest BCUT2D eigenvalue weighted by atomic mass is 16.6. The zero-order valence-electron chi connectivity index (χ0n) is 13.3. The number of benzene rings is 2. The Kier molecular flexibility index (Phi) is 4.08. The molecule has 5 heteroatoms. The summed E-state index contributed by atoms with van der Waals surface area (Å²) in [5, 5.41) is 0. The van der Waals surface area contributed by atoms with E-state index in [9.17, 15) is 9.59 Å². The summed E-state index contributed by atoms with van der Waals surface area (Å²) in [6, 6.07) is 15.4. The van der Waals surface area contributed by atoms with Crippen molar-refractivity contribution in [1.29, 1.82) is 0 Å². The number of carbonyl (C=O) groups is 2. The molecule has 1 aliphatic heterocycles. The van der Waals surface area contributed by atoms with Crippen molar-refractivity contribution < 1.29 is 23.8 Å². The van der Waals surface area contributed by atoms with Gasteiger partial charge >= 0.3 is 11.9 Å². The first-order valence-electron chi connectivity index (χ1n) is 7.40. The Balaban J connectivity index is 2.00. The Morgan fingerprint density at radius 1 is 1.00 bits per heavy atom. The van der Waals surface area contributed by atoms with E-state index in [1.54, 1.807) is 62.6 Å². The molecule has 0 N–H and O–H groups in total. The van der Waals surface area contributed by atoms with Crippen molar-refractivity contribution in [2.75, 3.05) is 7.11 Å². The van der Waals surface area contributed by atoms with Gasteiger partial charge in [0.25, 0.3) is 5.60 Å². The van der Waals surface area contributed by atoms with Gasteiger partial charge in [0.2, 0.25) is 0 Å². The molecule has 2 aromatic rings. The monoisotopic (exact) mass is 324 g/mol. The van der Waals surface area contributed by atoms with Gasteiger partial charge in [-0.2, -0.15) is 0 Å². The molecule has 0 bridgehead atoms. The van der Waals surface area contributed by atoms with Gasteiger partial charge in [-0.05, 0) is 37.3 Å². The fourth-order valence-corrected chi connectivity index (χ4v) is 2.49. The average Bonchev–Trinajstić information content (AvgIpc) is 2.92. The summed E-state index contributed by atoms with van der Waals surface area (Å²) in [6.07, 6.45) is 1.49. The topological polar surface area (TPSA) is 61.8 Å². The molecule has 0 saturated heterocycles. The van der Waals surface area contributed by atoms with Gasteiger partial charge in [0.05, 0.1) is 7.11 Å². The van der Waals surface area contributed by atoms with Crippen LogP contribution in [-0.2, 0) is 19.9 Å². The van der Waals surface area contributed by atoms with E-state index in [-0.39, 0.29) is 0 Å². The highest BCUT2D eigenvalue weighted by molar-refractivity contribution is 5.99. The lowest BCUT2D eigenvalue weighted by atomic mass is 9.93. The van der Waals surface area contributed by atoms with E-state index in [0.29, 0.717) is 22.6 Å². The summed E-state index contributed by atoms with van der Waals surface area (Å²) < 4.78 is 15.9. The smallest absolute Gasteiger partial charge is 0.365 e. The number of esters is 2. The first-order chi connectivity index (χ1) is 11.5. The highest BCUT2D eigenvalue weighted by Crippen LogP contribution is 2.37. The second-order valence-electron chi connectivity index (χ2n) is 5.38. The molecular formula is C19H16O5. The maximum absolute atomic E-state index is 12.8. The fourth-order valence-electron chi connectivity index (χ4n) is 2.49. The van der Waals surface area contributed by atoms with Gasteiger partial charge in [-0.15, -0.1) is 0 Å². The van der Waals surface area contributed by atoms with Crippen LogP contribution in [0.25, 0.3) is 0 Å². The van der Waals surface area contributed by atoms with Crippen LogP contribution in [0.3, 0.4) is 0 Å². The SMILES string of the molecule is COc1ccc([C@]2(C(=O)Oc3ccccc3)C=C(C)C(=O)O2)cc1. The summed E-state index contributed by atoms with van der Waals surface area (Å²) in [5.74, 6) is -0.209. The lowest BCUT2D eigenvalue weighted by molar-refractivity contribution is -0.166. The van der Waals surface area contributed by atoms with Crippen molar-refractivity contribution >= 4 is 11.9 Å². The van der Waals surface area contributed by atoms with E-state index in [1.807, 2.05) is 6.07 Å². The van der Waals surface area contributed by atoms with Gasteiger partial charge in [0, 0.05) is 11.1 Å². The van der Waals surface area contributed by atoms with Crippen LogP contribution in [-0.4, -0.2) is 19.0 Å². The molecule has 1 atom stereocenters. The number of ether oxygens (including phenoxy) is 3. The maximum Gasteiger partial charge on any atom is 0.365 e. The van der Waals surface area contributed by atoms with Crippen LogP contribution >= 0.6 is 0 Å². The zero-order valence-corrected chi connectivity index (χ0v) is 13.3. The van der Waals surface area contributed by atoms with Crippen LogP contribution < -0.4 is 9.47 Å². The summed E-state index contributed by atoms with van der Waals surface area (Å²) in [5.41, 5.74) is -0.742. The largest absolute Gasteiger partial charge is 0.497 e. The number of hydrogen-bond donors (Lipinski definition) is 0. The van der Waals surface area contributed by atoms with Crippen LogP contribution in [0.15, 0.2) is 66.2 Å². The summed E-state index contributed by atoms with van der Waals surface area (Å²) in [7, 11) is 1.55. The number of para-hydroxylation sites is 1. The van der Waals surface area contributed by atoms with E-state index < -0.39 is 17.5 Å². The minimum atomic E-state index is -1.59. The first-order valence-corrected chi connectivity index (χ1v) is 7.40. The molecule has 0 unspecified atom stereocenters. The van der Waals surface area contributed by atoms with Crippen molar-refractivity contribution in [3.05, 3.63) is 71.8 Å². The van der Waals surface area contributed by atoms with Gasteiger partial charge in [-0.1, -0.05) is 30.3 Å². The third-order valence-corrected chi connectivity index (χ3v) is 3.77. The standard InChI is InChI=1S/C19H16O5/c1-13-12-19(24-17(13)20,14-8-10-15(22-2)11-9-14)18(21)23-16-6-4-3-5-7-16/h3-12H,1-2H3/t19-/m0/s1. The number of rotatable bonds is 4. The predicted molar refractivity (Wildman–Crippen MR) is 86.6 cm³/mol. The van der Waals surface area contributed by atoms with E-state index >= 15 is 0 Å². The Bertz CT molecular complexity index is 792. The molecule has 5 nitrogen and oxygen atoms in total. The number of carbonyl (C=O) groups excluding carboxylic acids is 2. The molecule has 0 aliphatic carbocycles. The predicted octanol–water partition coefficient (Wildman–Crippen LogP) is 3.00. The number of cyclic esters (lactones) is 1. The van der Waals surface area contributed by atoms with Gasteiger partial charge in [-0.25, -0.2) is 9.59 Å². The maximum atomic E-state index is 12.8. The van der Waals surface area contributed by atoms with Crippen LogP contribution in [0.4, 0.5) is 0 Å². The Labute approximate surface area is 139 Å². The van der Waals surface area contributed by atoms with Crippen molar-refractivity contribution in [2.24, 2.45) is 0 Å². The van der Waals surface area contributed by atoms with Crippen LogP contribution in [0.1, 0.15) is 12.5 Å². The lowest BCUT2D eigenvalue weighted by Gasteiger charge is -2.24. The molecule has 1 aliphatic rings. The molecule has 0 fully saturated rings. The third kappa shape index (κ3) is 2.76. The molecule has 24 heavy (non-hydrogen) atoms. The molecule has 3 rings (SSSR count). The minimum absolute atomic E-state index is 0.357. The first kappa shape index (κ1) is 15.8. The quantitative estimate of drug-likeness (QED) is 0.639. The number of methoxy groups -OCH3 is 1. The van der Waals surface area contributed by atoms with Crippen molar-refractivity contribution in [1.82, 2.24) is 0 Å². The molecule has 1 heterocycles. The normalized spacial score (nSPS) is 19.4. The van der Waals surface area contributed by atoms with Gasteiger partial charge in [0.15, 0.2) is 0 Å². The Morgan fingerprint density at radius 2 is 1.67 bits per heavy atom. The highest BCUT2D eigenvalue weighted by Gasteiger charge is 2.49. The van der Waals surface area contributed by atoms with Crippen LogP contribution in [0, 0.1) is 0 Å². The second kappa shape index (κ2) is 6.20. The fraction of sp³-hybridized carbons (Fsp3) is 0.158. The van der Waals surface area contributed by atoms with E-state index in [1.165, 1.54) is 6.08 Å².